The third kappa shape index (κ3) is 5.99. The minimum absolute atomic E-state index is 0.658. The molecule has 0 N–H and O–H groups in total. The van der Waals surface area contributed by atoms with Crippen molar-refractivity contribution < 1.29 is 28.0 Å². The Kier molecular flexibility index (Phi) is 8.90. The molecule has 0 radical (unpaired) electrons. The van der Waals surface area contributed by atoms with Crippen LogP contribution in [0.5, 0.6) is 34.5 Å². The van der Waals surface area contributed by atoms with Gasteiger partial charge in [0.05, 0.1) is 47.6 Å². The lowest BCUT2D eigenvalue weighted by molar-refractivity contribution is 0.358. The predicted octanol–water partition coefficient (Wildman–Crippen LogP) is 10.3. The molecule has 0 unspecified atom stereocenters. The van der Waals surface area contributed by atoms with E-state index in [4.69, 9.17) is 28.0 Å². The molecular weight excluding hydrogens is 783 g/mol. The van der Waals surface area contributed by atoms with Gasteiger partial charge in [0.15, 0.2) is 16.3 Å². The molecule has 0 amide bonds. The Morgan fingerprint density at radius 1 is 0.333 bits per heavy atom. The molecule has 0 aliphatic carbocycles. The lowest BCUT2D eigenvalue weighted by Crippen LogP contribution is -2.20. The van der Waals surface area contributed by atoms with Crippen molar-refractivity contribution >= 4 is 59.1 Å². The summed E-state index contributed by atoms with van der Waals surface area (Å²) in [6.07, 6.45) is 3.51. The maximum Gasteiger partial charge on any atom is 0.158 e. The molecule has 0 atom stereocenters. The highest BCUT2D eigenvalue weighted by atomic mass is 31.1. The van der Waals surface area contributed by atoms with Crippen molar-refractivity contribution in [3.63, 3.8) is 0 Å². The number of ether oxygens (including phenoxy) is 4. The van der Waals surface area contributed by atoms with Crippen LogP contribution >= 0.6 is 16.3 Å². The molecule has 8 aromatic rings. The summed E-state index contributed by atoms with van der Waals surface area (Å²) in [4.78, 5) is 0. The first-order chi connectivity index (χ1) is 29.8. The zero-order chi connectivity index (χ0) is 39.6. The van der Waals surface area contributed by atoms with E-state index in [2.05, 4.69) is 146 Å². The van der Waals surface area contributed by atoms with Crippen molar-refractivity contribution in [2.75, 3.05) is 26.4 Å². The maximum absolute atomic E-state index is 7.64. The smallest absolute Gasteiger partial charge is 0.158 e. The third-order valence-electron chi connectivity index (χ3n) is 12.1. The number of hydrogen-bond donors (Lipinski definition) is 0. The Morgan fingerprint density at radius 2 is 0.667 bits per heavy atom. The lowest BCUT2D eigenvalue weighted by Gasteiger charge is -2.27. The molecule has 12 rings (SSSR count). The minimum Gasteiger partial charge on any atom is -0.492 e. The summed E-state index contributed by atoms with van der Waals surface area (Å²) < 4.78 is 40.9. The van der Waals surface area contributed by atoms with Crippen LogP contribution in [0.15, 0.2) is 146 Å². The van der Waals surface area contributed by atoms with Gasteiger partial charge in [-0.05, 0) is 80.2 Å². The summed E-state index contributed by atoms with van der Waals surface area (Å²) >= 11 is 0. The van der Waals surface area contributed by atoms with Crippen LogP contribution in [0.2, 0.25) is 0 Å². The number of hydrogen-bond acceptors (Lipinski definition) is 6. The molecule has 6 nitrogen and oxygen atoms in total. The van der Waals surface area contributed by atoms with Gasteiger partial charge in [-0.15, -0.1) is 0 Å². The van der Waals surface area contributed by atoms with Crippen molar-refractivity contribution in [2.45, 2.75) is 25.7 Å². The van der Waals surface area contributed by atoms with Gasteiger partial charge in [0.25, 0.3) is 0 Å². The molecule has 0 aromatic heterocycles. The highest BCUT2D eigenvalue weighted by Gasteiger charge is 2.34. The summed E-state index contributed by atoms with van der Waals surface area (Å²) in [7, 11) is -2.93. The fraction of sp³-hybridized carbons (Fsp3) is 0.154. The van der Waals surface area contributed by atoms with E-state index >= 15 is 0 Å². The van der Waals surface area contributed by atoms with Crippen molar-refractivity contribution in [3.8, 4) is 45.6 Å². The summed E-state index contributed by atoms with van der Waals surface area (Å²) in [5.74, 6) is 5.25. The van der Waals surface area contributed by atoms with Crippen molar-refractivity contribution in [2.24, 2.45) is 0 Å². The predicted molar refractivity (Wildman–Crippen MR) is 243 cm³/mol. The van der Waals surface area contributed by atoms with Gasteiger partial charge in [-0.25, -0.2) is 0 Å². The molecule has 4 heterocycles. The Bertz CT molecular complexity index is 2680. The summed E-state index contributed by atoms with van der Waals surface area (Å²) in [6.45, 7) is 2.63. The maximum atomic E-state index is 7.64. The minimum atomic E-state index is -1.46. The SMILES string of the molecule is c1cc2c(c(P(Oc3ccc4ccccc4c3-c3c(OP(c4cccc5c4OCC5)c4cccc5c4OCC5)ccc4ccccc34)c3cccc4c3OCC4)c1)OCC2. The van der Waals surface area contributed by atoms with Gasteiger partial charge in [-0.2, -0.15) is 0 Å². The Morgan fingerprint density at radius 3 is 1.02 bits per heavy atom. The highest BCUT2D eigenvalue weighted by Crippen LogP contribution is 2.54. The fourth-order valence-electron chi connectivity index (χ4n) is 9.25. The van der Waals surface area contributed by atoms with E-state index in [9.17, 15) is 0 Å². The molecular formula is C52H40O6P2. The van der Waals surface area contributed by atoms with Gasteiger partial charge in [0, 0.05) is 36.8 Å². The monoisotopic (exact) mass is 822 g/mol. The molecule has 4 aliphatic heterocycles. The molecule has 0 saturated heterocycles. The Labute approximate surface area is 351 Å². The average Bonchev–Trinajstić information content (AvgIpc) is 4.15. The molecule has 0 fully saturated rings. The van der Waals surface area contributed by atoms with E-state index in [0.29, 0.717) is 26.4 Å². The van der Waals surface area contributed by atoms with Crippen LogP contribution in [0.4, 0.5) is 0 Å². The molecule has 60 heavy (non-hydrogen) atoms. The summed E-state index contributed by atoms with van der Waals surface area (Å²) in [5.41, 5.74) is 6.80. The number of rotatable bonds is 9. The van der Waals surface area contributed by atoms with Gasteiger partial charge < -0.3 is 28.0 Å². The normalized spacial score (nSPS) is 14.6. The van der Waals surface area contributed by atoms with Crippen molar-refractivity contribution in [3.05, 3.63) is 168 Å². The topological polar surface area (TPSA) is 55.4 Å². The largest absolute Gasteiger partial charge is 0.492 e. The van der Waals surface area contributed by atoms with Gasteiger partial charge in [-0.1, -0.05) is 109 Å². The second-order valence-electron chi connectivity index (χ2n) is 15.5. The molecule has 0 bridgehead atoms. The van der Waals surface area contributed by atoms with Crippen LogP contribution < -0.4 is 49.2 Å². The van der Waals surface area contributed by atoms with Crippen LogP contribution in [0.1, 0.15) is 22.3 Å². The van der Waals surface area contributed by atoms with E-state index in [1.165, 1.54) is 22.3 Å². The molecule has 8 heteroatoms. The van der Waals surface area contributed by atoms with Gasteiger partial charge in [0.2, 0.25) is 0 Å². The lowest BCUT2D eigenvalue weighted by atomic mass is 9.92. The van der Waals surface area contributed by atoms with E-state index in [0.717, 1.165) is 114 Å². The van der Waals surface area contributed by atoms with Crippen LogP contribution in [0.25, 0.3) is 32.7 Å². The van der Waals surface area contributed by atoms with Crippen LogP contribution in [0, 0.1) is 0 Å². The van der Waals surface area contributed by atoms with E-state index in [-0.39, 0.29) is 0 Å². The standard InChI is InChI=1S/C52H40O6P2/c1-3-15-39-33(9-1)21-23-41(57-59(43-17-5-11-35-25-29-53-49(35)43)44-18-6-12-36-26-30-54-50(36)44)47(39)48-40-16-4-2-10-34(40)22-24-42(48)58-60(45-19-7-13-37-27-31-55-51(37)45)46-20-8-14-38-28-32-56-52(38)46/h1-24H,25-32H2. The number of fused-ring (bicyclic) bond motifs is 6. The first kappa shape index (κ1) is 35.8. The van der Waals surface area contributed by atoms with Gasteiger partial charge >= 0.3 is 0 Å². The zero-order valence-electron chi connectivity index (χ0n) is 32.9. The molecule has 0 spiro atoms. The summed E-state index contributed by atoms with van der Waals surface area (Å²) in [6, 6.07) is 51.7. The van der Waals surface area contributed by atoms with Crippen LogP contribution in [0.3, 0.4) is 0 Å². The van der Waals surface area contributed by atoms with E-state index in [1.54, 1.807) is 0 Å². The van der Waals surface area contributed by atoms with E-state index < -0.39 is 16.3 Å². The van der Waals surface area contributed by atoms with Gasteiger partial charge in [-0.3, -0.25) is 0 Å². The third-order valence-corrected chi connectivity index (χ3v) is 16.0. The molecule has 294 valence electrons. The van der Waals surface area contributed by atoms with Crippen molar-refractivity contribution in [1.82, 2.24) is 0 Å². The quantitative estimate of drug-likeness (QED) is 0.135. The molecule has 0 saturated carbocycles. The van der Waals surface area contributed by atoms with Gasteiger partial charge in [0.1, 0.15) is 34.5 Å². The van der Waals surface area contributed by atoms with Crippen molar-refractivity contribution in [1.29, 1.82) is 0 Å². The highest BCUT2D eigenvalue weighted by molar-refractivity contribution is 7.69. The number of para-hydroxylation sites is 4. The fourth-order valence-corrected chi connectivity index (χ4v) is 13.3. The van der Waals surface area contributed by atoms with E-state index in [1.807, 2.05) is 0 Å². The first-order valence-corrected chi connectivity index (χ1v) is 23.3. The molecule has 8 aromatic carbocycles. The zero-order valence-corrected chi connectivity index (χ0v) is 34.6. The van der Waals surface area contributed by atoms with Crippen LogP contribution in [-0.4, -0.2) is 26.4 Å². The van der Waals surface area contributed by atoms with Crippen LogP contribution in [-0.2, 0) is 25.7 Å². The average molecular weight is 823 g/mol. The number of benzene rings is 8. The second kappa shape index (κ2) is 14.9. The second-order valence-corrected chi connectivity index (χ2v) is 19.0. The Balaban J connectivity index is 1.09. The molecule has 4 aliphatic rings. The first-order valence-electron chi connectivity index (χ1n) is 20.8. The Hall–Kier alpha value is -6.06. The summed E-state index contributed by atoms with van der Waals surface area (Å²) in [5, 5.41) is 8.59.